The van der Waals surface area contributed by atoms with Crippen molar-refractivity contribution in [2.45, 2.75) is 6.92 Å². The highest BCUT2D eigenvalue weighted by molar-refractivity contribution is 6.32. The van der Waals surface area contributed by atoms with E-state index in [1.165, 1.54) is 0 Å². The van der Waals surface area contributed by atoms with Gasteiger partial charge in [0.15, 0.2) is 6.29 Å². The van der Waals surface area contributed by atoms with E-state index in [4.69, 9.17) is 11.6 Å². The van der Waals surface area contributed by atoms with Crippen molar-refractivity contribution < 1.29 is 4.79 Å². The topological polar surface area (TPSA) is 47.8 Å². The first-order chi connectivity index (χ1) is 10.2. The summed E-state index contributed by atoms with van der Waals surface area (Å²) in [7, 11) is 0. The predicted octanol–water partition coefficient (Wildman–Crippen LogP) is 3.71. The van der Waals surface area contributed by atoms with Crippen LogP contribution >= 0.6 is 11.6 Å². The van der Waals surface area contributed by atoms with E-state index in [-0.39, 0.29) is 0 Å². The lowest BCUT2D eigenvalue weighted by molar-refractivity contribution is 0.112. The van der Waals surface area contributed by atoms with Gasteiger partial charge in [-0.15, -0.1) is 0 Å². The predicted molar refractivity (Wildman–Crippen MR) is 81.9 cm³/mol. The molecule has 0 aliphatic rings. The molecule has 104 valence electrons. The normalized spacial score (nSPS) is 10.6. The lowest BCUT2D eigenvalue weighted by Crippen LogP contribution is -1.95. The molecule has 0 amide bonds. The van der Waals surface area contributed by atoms with Crippen LogP contribution < -0.4 is 0 Å². The molecule has 0 bridgehead atoms. The lowest BCUT2D eigenvalue weighted by Gasteiger charge is -2.03. The van der Waals surface area contributed by atoms with Crippen LogP contribution in [0.4, 0.5) is 0 Å². The fourth-order valence-electron chi connectivity index (χ4n) is 2.14. The molecular weight excluding hydrogens is 286 g/mol. The summed E-state index contributed by atoms with van der Waals surface area (Å²) < 4.78 is 1.61. The summed E-state index contributed by atoms with van der Waals surface area (Å²) in [6.45, 7) is 1.95. The molecule has 0 N–H and O–H groups in total. The van der Waals surface area contributed by atoms with E-state index in [0.29, 0.717) is 16.3 Å². The third-order valence-corrected chi connectivity index (χ3v) is 3.44. The van der Waals surface area contributed by atoms with Gasteiger partial charge in [0, 0.05) is 24.2 Å². The van der Waals surface area contributed by atoms with Crippen molar-refractivity contribution >= 4 is 17.9 Å². The van der Waals surface area contributed by atoms with Crippen molar-refractivity contribution in [2.75, 3.05) is 0 Å². The second-order valence-corrected chi connectivity index (χ2v) is 5.11. The van der Waals surface area contributed by atoms with Crippen LogP contribution in [0.25, 0.3) is 16.9 Å². The fraction of sp³-hybridized carbons (Fsp3) is 0.0625. The van der Waals surface area contributed by atoms with Crippen molar-refractivity contribution in [3.05, 3.63) is 65.1 Å². The van der Waals surface area contributed by atoms with E-state index in [1.54, 1.807) is 29.3 Å². The van der Waals surface area contributed by atoms with E-state index in [2.05, 4.69) is 10.1 Å². The van der Waals surface area contributed by atoms with Gasteiger partial charge in [-0.3, -0.25) is 9.78 Å². The van der Waals surface area contributed by atoms with Gasteiger partial charge in [0.25, 0.3) is 0 Å². The van der Waals surface area contributed by atoms with Gasteiger partial charge in [-0.05, 0) is 30.7 Å². The highest BCUT2D eigenvalue weighted by Crippen LogP contribution is 2.25. The van der Waals surface area contributed by atoms with Gasteiger partial charge in [-0.2, -0.15) is 5.10 Å². The first-order valence-corrected chi connectivity index (χ1v) is 6.78. The monoisotopic (exact) mass is 297 g/mol. The number of nitrogens with zero attached hydrogens (tertiary/aromatic N) is 3. The zero-order valence-corrected chi connectivity index (χ0v) is 12.1. The Bertz CT molecular complexity index is 811. The second-order valence-electron chi connectivity index (χ2n) is 4.70. The number of hydrogen-bond donors (Lipinski definition) is 0. The largest absolute Gasteiger partial charge is 0.298 e. The van der Waals surface area contributed by atoms with Crippen LogP contribution in [0, 0.1) is 6.92 Å². The Balaban J connectivity index is 2.15. The number of para-hydroxylation sites is 1. The molecule has 21 heavy (non-hydrogen) atoms. The van der Waals surface area contributed by atoms with Gasteiger partial charge in [-0.1, -0.05) is 23.7 Å². The second kappa shape index (κ2) is 5.50. The Morgan fingerprint density at radius 2 is 2.05 bits per heavy atom. The standard InChI is InChI=1S/C16H12ClN3O/c1-11-6-12(8-18-7-11)16-13(10-21)9-20(19-16)15-5-3-2-4-14(15)17/h2-10H,1H3. The van der Waals surface area contributed by atoms with Crippen LogP contribution in [-0.4, -0.2) is 21.1 Å². The Kier molecular flexibility index (Phi) is 3.54. The zero-order valence-electron chi connectivity index (χ0n) is 11.3. The number of hydrogen-bond acceptors (Lipinski definition) is 3. The van der Waals surface area contributed by atoms with Crippen LogP contribution in [-0.2, 0) is 0 Å². The average molecular weight is 298 g/mol. The van der Waals surface area contributed by atoms with E-state index in [1.807, 2.05) is 31.2 Å². The van der Waals surface area contributed by atoms with Gasteiger partial charge < -0.3 is 0 Å². The van der Waals surface area contributed by atoms with Gasteiger partial charge >= 0.3 is 0 Å². The number of aldehydes is 1. The number of benzene rings is 1. The van der Waals surface area contributed by atoms with E-state index >= 15 is 0 Å². The summed E-state index contributed by atoms with van der Waals surface area (Å²) in [4.78, 5) is 15.5. The van der Waals surface area contributed by atoms with Crippen molar-refractivity contribution in [1.29, 1.82) is 0 Å². The Hall–Kier alpha value is -2.46. The quantitative estimate of drug-likeness (QED) is 0.692. The highest BCUT2D eigenvalue weighted by atomic mass is 35.5. The molecule has 0 saturated carbocycles. The molecule has 0 aliphatic carbocycles. The number of aromatic nitrogens is 3. The molecule has 5 heteroatoms. The summed E-state index contributed by atoms with van der Waals surface area (Å²) in [6, 6.07) is 9.30. The van der Waals surface area contributed by atoms with Crippen LogP contribution in [0.2, 0.25) is 5.02 Å². The highest BCUT2D eigenvalue weighted by Gasteiger charge is 2.13. The third-order valence-electron chi connectivity index (χ3n) is 3.12. The molecule has 0 spiro atoms. The van der Waals surface area contributed by atoms with E-state index in [9.17, 15) is 4.79 Å². The van der Waals surface area contributed by atoms with Crippen LogP contribution in [0.3, 0.4) is 0 Å². The number of carbonyl (C=O) groups is 1. The van der Waals surface area contributed by atoms with Gasteiger partial charge in [0.1, 0.15) is 5.69 Å². The SMILES string of the molecule is Cc1cncc(-c2nn(-c3ccccc3Cl)cc2C=O)c1. The fourth-order valence-corrected chi connectivity index (χ4v) is 2.37. The van der Waals surface area contributed by atoms with Crippen LogP contribution in [0.1, 0.15) is 15.9 Å². The third kappa shape index (κ3) is 2.58. The average Bonchev–Trinajstić information content (AvgIpc) is 2.92. The van der Waals surface area contributed by atoms with Gasteiger partial charge in [0.05, 0.1) is 16.3 Å². The van der Waals surface area contributed by atoms with Crippen molar-refractivity contribution in [1.82, 2.24) is 14.8 Å². The first-order valence-electron chi connectivity index (χ1n) is 6.41. The van der Waals surface area contributed by atoms with Crippen molar-refractivity contribution in [3.63, 3.8) is 0 Å². The molecule has 3 rings (SSSR count). The zero-order chi connectivity index (χ0) is 14.8. The molecule has 0 saturated heterocycles. The molecule has 2 aromatic heterocycles. The lowest BCUT2D eigenvalue weighted by atomic mass is 10.1. The number of aryl methyl sites for hydroxylation is 1. The smallest absolute Gasteiger partial charge is 0.153 e. The van der Waals surface area contributed by atoms with Crippen LogP contribution in [0.15, 0.2) is 48.9 Å². The molecule has 1 aromatic carbocycles. The van der Waals surface area contributed by atoms with Gasteiger partial charge in [-0.25, -0.2) is 4.68 Å². The number of halogens is 1. The molecule has 0 atom stereocenters. The minimum absolute atomic E-state index is 0.502. The van der Waals surface area contributed by atoms with E-state index in [0.717, 1.165) is 23.1 Å². The summed E-state index contributed by atoms with van der Waals surface area (Å²) in [5, 5.41) is 5.06. The number of pyridine rings is 1. The molecule has 0 radical (unpaired) electrons. The minimum atomic E-state index is 0.502. The Morgan fingerprint density at radius 3 is 2.76 bits per heavy atom. The maximum atomic E-state index is 11.3. The summed E-state index contributed by atoms with van der Waals surface area (Å²) in [6.07, 6.45) is 5.91. The molecule has 0 fully saturated rings. The molecular formula is C16H12ClN3O. The maximum Gasteiger partial charge on any atom is 0.153 e. The minimum Gasteiger partial charge on any atom is -0.298 e. The van der Waals surface area contributed by atoms with Crippen molar-refractivity contribution in [2.24, 2.45) is 0 Å². The van der Waals surface area contributed by atoms with Crippen LogP contribution in [0.5, 0.6) is 0 Å². The Morgan fingerprint density at radius 1 is 1.24 bits per heavy atom. The summed E-state index contributed by atoms with van der Waals surface area (Å²) in [5.74, 6) is 0. The summed E-state index contributed by atoms with van der Waals surface area (Å²) in [5.41, 5.74) is 3.65. The molecule has 3 aromatic rings. The molecule has 4 nitrogen and oxygen atoms in total. The molecule has 2 heterocycles. The van der Waals surface area contributed by atoms with Crippen molar-refractivity contribution in [3.8, 4) is 16.9 Å². The van der Waals surface area contributed by atoms with E-state index < -0.39 is 0 Å². The molecule has 0 aliphatic heterocycles. The first kappa shape index (κ1) is 13.5. The summed E-state index contributed by atoms with van der Waals surface area (Å²) >= 11 is 6.17. The Labute approximate surface area is 127 Å². The number of carbonyl (C=O) groups excluding carboxylic acids is 1. The van der Waals surface area contributed by atoms with Gasteiger partial charge in [0.2, 0.25) is 0 Å². The number of rotatable bonds is 3. The molecule has 0 unspecified atom stereocenters. The maximum absolute atomic E-state index is 11.3.